The lowest BCUT2D eigenvalue weighted by molar-refractivity contribution is -0.154. The van der Waals surface area contributed by atoms with Gasteiger partial charge in [0.2, 0.25) is 5.91 Å². The molecule has 25 heavy (non-hydrogen) atoms. The van der Waals surface area contributed by atoms with E-state index in [0.717, 1.165) is 12.0 Å². The Hall–Kier alpha value is -1.84. The summed E-state index contributed by atoms with van der Waals surface area (Å²) in [6.07, 6.45) is 7.81. The third-order valence-electron chi connectivity index (χ3n) is 5.10. The predicted octanol–water partition coefficient (Wildman–Crippen LogP) is 4.33. The van der Waals surface area contributed by atoms with E-state index in [2.05, 4.69) is 0 Å². The van der Waals surface area contributed by atoms with Crippen LogP contribution in [0.5, 0.6) is 0 Å². The van der Waals surface area contributed by atoms with E-state index in [1.165, 1.54) is 32.1 Å². The maximum absolute atomic E-state index is 12.9. The molecule has 1 aliphatic carbocycles. The molecule has 0 heterocycles. The molecule has 1 aromatic rings. The number of esters is 1. The third-order valence-corrected chi connectivity index (χ3v) is 5.10. The molecule has 0 saturated heterocycles. The maximum atomic E-state index is 12.9. The minimum absolute atomic E-state index is 0.0509. The molecule has 0 aliphatic heterocycles. The van der Waals surface area contributed by atoms with Crippen molar-refractivity contribution in [1.29, 1.82) is 0 Å². The zero-order valence-electron chi connectivity index (χ0n) is 15.6. The first-order chi connectivity index (χ1) is 12.1. The van der Waals surface area contributed by atoms with E-state index >= 15 is 0 Å². The molecule has 1 aromatic carbocycles. The zero-order chi connectivity index (χ0) is 18.1. The Labute approximate surface area is 151 Å². The molecule has 1 aliphatic rings. The molecular weight excluding hydrogens is 314 g/mol. The van der Waals surface area contributed by atoms with Crippen LogP contribution in [0.4, 0.5) is 0 Å². The zero-order valence-corrected chi connectivity index (χ0v) is 15.6. The summed E-state index contributed by atoms with van der Waals surface area (Å²) in [6, 6.07) is 9.27. The first-order valence-corrected chi connectivity index (χ1v) is 9.61. The summed E-state index contributed by atoms with van der Waals surface area (Å²) in [7, 11) is 0. The van der Waals surface area contributed by atoms with Crippen molar-refractivity contribution < 1.29 is 14.3 Å². The van der Waals surface area contributed by atoms with Crippen LogP contribution in [0.2, 0.25) is 0 Å². The molecule has 4 heteroatoms. The second-order valence-electron chi connectivity index (χ2n) is 6.98. The van der Waals surface area contributed by atoms with Crippen LogP contribution < -0.4 is 0 Å². The van der Waals surface area contributed by atoms with Crippen LogP contribution in [0.15, 0.2) is 30.3 Å². The standard InChI is InChI=1S/C21H31NO3/c1-3-25-21(24)17(2)22(16-19-12-8-5-9-13-19)20(23)15-14-18-10-6-4-7-11-18/h5,8-9,12-13,17-18H,3-4,6-7,10-11,14-16H2,1-2H3. The fraction of sp³-hybridized carbons (Fsp3) is 0.619. The number of amides is 1. The molecule has 0 radical (unpaired) electrons. The van der Waals surface area contributed by atoms with E-state index < -0.39 is 6.04 Å². The van der Waals surface area contributed by atoms with Gasteiger partial charge in [-0.15, -0.1) is 0 Å². The van der Waals surface area contributed by atoms with Crippen LogP contribution >= 0.6 is 0 Å². The van der Waals surface area contributed by atoms with Crippen molar-refractivity contribution in [3.8, 4) is 0 Å². The first kappa shape index (κ1) is 19.5. The number of carbonyl (C=O) groups excluding carboxylic acids is 2. The Bertz CT molecular complexity index is 537. The highest BCUT2D eigenvalue weighted by Gasteiger charge is 2.27. The summed E-state index contributed by atoms with van der Waals surface area (Å²) in [6.45, 7) is 4.33. The minimum atomic E-state index is -0.556. The molecule has 138 valence electrons. The molecular formula is C21H31NO3. The highest BCUT2D eigenvalue weighted by molar-refractivity contribution is 5.84. The molecule has 1 fully saturated rings. The topological polar surface area (TPSA) is 46.6 Å². The summed E-state index contributed by atoms with van der Waals surface area (Å²) >= 11 is 0. The van der Waals surface area contributed by atoms with Crippen molar-refractivity contribution in [2.75, 3.05) is 6.61 Å². The average molecular weight is 345 g/mol. The van der Waals surface area contributed by atoms with Crippen LogP contribution in [0.1, 0.15) is 64.4 Å². The summed E-state index contributed by atoms with van der Waals surface area (Å²) in [4.78, 5) is 26.7. The minimum Gasteiger partial charge on any atom is -0.464 e. The molecule has 1 atom stereocenters. The number of hydrogen-bond donors (Lipinski definition) is 0. The van der Waals surface area contributed by atoms with Crippen molar-refractivity contribution >= 4 is 11.9 Å². The fourth-order valence-electron chi connectivity index (χ4n) is 3.56. The van der Waals surface area contributed by atoms with E-state index in [1.54, 1.807) is 18.7 Å². The molecule has 0 spiro atoms. The van der Waals surface area contributed by atoms with E-state index in [1.807, 2.05) is 30.3 Å². The normalized spacial score (nSPS) is 16.2. The maximum Gasteiger partial charge on any atom is 0.328 e. The second-order valence-corrected chi connectivity index (χ2v) is 6.98. The average Bonchev–Trinajstić information content (AvgIpc) is 2.65. The number of hydrogen-bond acceptors (Lipinski definition) is 3. The third kappa shape index (κ3) is 6.18. The molecule has 4 nitrogen and oxygen atoms in total. The predicted molar refractivity (Wildman–Crippen MR) is 98.9 cm³/mol. The monoisotopic (exact) mass is 345 g/mol. The van der Waals surface area contributed by atoms with Crippen LogP contribution in [-0.2, 0) is 20.9 Å². The highest BCUT2D eigenvalue weighted by atomic mass is 16.5. The van der Waals surface area contributed by atoms with Crippen molar-refractivity contribution in [1.82, 2.24) is 4.90 Å². The number of carbonyl (C=O) groups is 2. The smallest absolute Gasteiger partial charge is 0.328 e. The van der Waals surface area contributed by atoms with Gasteiger partial charge in [-0.25, -0.2) is 4.79 Å². The van der Waals surface area contributed by atoms with E-state index in [0.29, 0.717) is 25.5 Å². The van der Waals surface area contributed by atoms with Crippen LogP contribution in [0.3, 0.4) is 0 Å². The lowest BCUT2D eigenvalue weighted by atomic mass is 9.86. The van der Waals surface area contributed by atoms with Crippen molar-refractivity contribution in [2.45, 2.75) is 71.4 Å². The van der Waals surface area contributed by atoms with Crippen molar-refractivity contribution in [2.24, 2.45) is 5.92 Å². The van der Waals surface area contributed by atoms with Crippen molar-refractivity contribution in [3.63, 3.8) is 0 Å². The van der Waals surface area contributed by atoms with Gasteiger partial charge in [0.05, 0.1) is 6.61 Å². The molecule has 1 unspecified atom stereocenters. The van der Waals surface area contributed by atoms with Gasteiger partial charge in [-0.1, -0.05) is 62.4 Å². The van der Waals surface area contributed by atoms with Gasteiger partial charge in [-0.05, 0) is 31.7 Å². The largest absolute Gasteiger partial charge is 0.464 e. The van der Waals surface area contributed by atoms with Gasteiger partial charge in [0.25, 0.3) is 0 Å². The Kier molecular flexibility index (Phi) is 7.96. The van der Waals surface area contributed by atoms with Gasteiger partial charge in [0, 0.05) is 13.0 Å². The molecule has 0 bridgehead atoms. The lowest BCUT2D eigenvalue weighted by Gasteiger charge is -2.29. The van der Waals surface area contributed by atoms with E-state index in [4.69, 9.17) is 4.74 Å². The van der Waals surface area contributed by atoms with Gasteiger partial charge >= 0.3 is 5.97 Å². The molecule has 2 rings (SSSR count). The Morgan fingerprint density at radius 2 is 1.84 bits per heavy atom. The number of benzene rings is 1. The highest BCUT2D eigenvalue weighted by Crippen LogP contribution is 2.27. The summed E-state index contributed by atoms with van der Waals surface area (Å²) < 4.78 is 5.13. The van der Waals surface area contributed by atoms with Crippen LogP contribution in [-0.4, -0.2) is 29.4 Å². The number of ether oxygens (including phenoxy) is 1. The fourth-order valence-corrected chi connectivity index (χ4v) is 3.56. The van der Waals surface area contributed by atoms with Crippen LogP contribution in [0, 0.1) is 5.92 Å². The Morgan fingerprint density at radius 3 is 2.48 bits per heavy atom. The molecule has 0 aromatic heterocycles. The molecule has 0 N–H and O–H groups in total. The number of rotatable bonds is 8. The van der Waals surface area contributed by atoms with Crippen LogP contribution in [0.25, 0.3) is 0 Å². The number of nitrogens with zero attached hydrogens (tertiary/aromatic N) is 1. The Balaban J connectivity index is 2.01. The SMILES string of the molecule is CCOC(=O)C(C)N(Cc1ccccc1)C(=O)CCC1CCCCC1. The van der Waals surface area contributed by atoms with Crippen molar-refractivity contribution in [3.05, 3.63) is 35.9 Å². The van der Waals surface area contributed by atoms with Gasteiger partial charge in [0.15, 0.2) is 0 Å². The van der Waals surface area contributed by atoms with Gasteiger partial charge < -0.3 is 9.64 Å². The lowest BCUT2D eigenvalue weighted by Crippen LogP contribution is -2.43. The second kappa shape index (κ2) is 10.2. The summed E-state index contributed by atoms with van der Waals surface area (Å²) in [5.74, 6) is 0.383. The quantitative estimate of drug-likeness (QED) is 0.659. The van der Waals surface area contributed by atoms with Gasteiger partial charge in [-0.3, -0.25) is 4.79 Å². The van der Waals surface area contributed by atoms with Gasteiger partial charge in [0.1, 0.15) is 6.04 Å². The Morgan fingerprint density at radius 1 is 1.16 bits per heavy atom. The molecule has 1 saturated carbocycles. The van der Waals surface area contributed by atoms with Gasteiger partial charge in [-0.2, -0.15) is 0 Å². The van der Waals surface area contributed by atoms with E-state index in [-0.39, 0.29) is 11.9 Å². The summed E-state index contributed by atoms with van der Waals surface area (Å²) in [5.41, 5.74) is 1.03. The summed E-state index contributed by atoms with van der Waals surface area (Å²) in [5, 5.41) is 0. The first-order valence-electron chi connectivity index (χ1n) is 9.61. The molecule has 1 amide bonds. The van der Waals surface area contributed by atoms with E-state index in [9.17, 15) is 9.59 Å².